The molecular formula is C32H30O6. The maximum absolute atomic E-state index is 13.5. The second-order valence-corrected chi connectivity index (χ2v) is 8.33. The van der Waals surface area contributed by atoms with Gasteiger partial charge < -0.3 is 23.7 Å². The molecule has 0 N–H and O–H groups in total. The highest BCUT2D eigenvalue weighted by atomic mass is 16.5. The topological polar surface area (TPSA) is 63.2 Å². The molecule has 38 heavy (non-hydrogen) atoms. The predicted octanol–water partition coefficient (Wildman–Crippen LogP) is 6.77. The molecule has 0 saturated carbocycles. The molecule has 0 atom stereocenters. The van der Waals surface area contributed by atoms with Crippen LogP contribution in [0.25, 0.3) is 6.08 Å². The van der Waals surface area contributed by atoms with Gasteiger partial charge in [0, 0.05) is 6.07 Å². The summed E-state index contributed by atoms with van der Waals surface area (Å²) in [6.07, 6.45) is 3.22. The Labute approximate surface area is 223 Å². The molecule has 6 nitrogen and oxygen atoms in total. The largest absolute Gasteiger partial charge is 0.497 e. The highest BCUT2D eigenvalue weighted by molar-refractivity contribution is 6.11. The van der Waals surface area contributed by atoms with Crippen LogP contribution in [0.15, 0.2) is 97.1 Å². The van der Waals surface area contributed by atoms with E-state index in [1.807, 2.05) is 84.9 Å². The minimum absolute atomic E-state index is 0.227. The van der Waals surface area contributed by atoms with Crippen LogP contribution in [0.2, 0.25) is 0 Å². The van der Waals surface area contributed by atoms with Crippen molar-refractivity contribution in [2.24, 2.45) is 0 Å². The van der Waals surface area contributed by atoms with E-state index in [1.165, 1.54) is 20.3 Å². The third-order valence-electron chi connectivity index (χ3n) is 5.84. The maximum Gasteiger partial charge on any atom is 0.204 e. The molecule has 4 aromatic carbocycles. The Morgan fingerprint density at radius 2 is 1.26 bits per heavy atom. The molecule has 4 rings (SSSR count). The smallest absolute Gasteiger partial charge is 0.204 e. The van der Waals surface area contributed by atoms with Gasteiger partial charge in [-0.3, -0.25) is 4.79 Å². The van der Waals surface area contributed by atoms with Gasteiger partial charge in [0.05, 0.1) is 21.3 Å². The van der Waals surface area contributed by atoms with Crippen molar-refractivity contribution in [2.75, 3.05) is 21.3 Å². The molecule has 0 saturated heterocycles. The SMILES string of the molecule is COc1ccc(/C=C/C(=O)c2c(OC)cc(OCc3ccccc3)c(OC)c2OCc2ccccc2)cc1. The van der Waals surface area contributed by atoms with Crippen LogP contribution in [0.3, 0.4) is 0 Å². The summed E-state index contributed by atoms with van der Waals surface area (Å²) >= 11 is 0. The second kappa shape index (κ2) is 13.0. The van der Waals surface area contributed by atoms with Gasteiger partial charge in [0.2, 0.25) is 5.75 Å². The van der Waals surface area contributed by atoms with E-state index < -0.39 is 0 Å². The lowest BCUT2D eigenvalue weighted by atomic mass is 10.0. The lowest BCUT2D eigenvalue weighted by Gasteiger charge is -2.20. The van der Waals surface area contributed by atoms with Crippen LogP contribution in [0.5, 0.6) is 28.7 Å². The van der Waals surface area contributed by atoms with Crippen molar-refractivity contribution in [3.05, 3.63) is 119 Å². The first-order chi connectivity index (χ1) is 18.6. The number of carbonyl (C=O) groups is 1. The van der Waals surface area contributed by atoms with Gasteiger partial charge in [-0.05, 0) is 34.9 Å². The lowest BCUT2D eigenvalue weighted by Crippen LogP contribution is -2.09. The van der Waals surface area contributed by atoms with E-state index >= 15 is 0 Å². The Balaban J connectivity index is 1.72. The Morgan fingerprint density at radius 1 is 0.658 bits per heavy atom. The molecule has 0 bridgehead atoms. The molecule has 0 unspecified atom stereocenters. The zero-order valence-electron chi connectivity index (χ0n) is 21.7. The predicted molar refractivity (Wildman–Crippen MR) is 147 cm³/mol. The van der Waals surface area contributed by atoms with E-state index in [0.29, 0.717) is 23.9 Å². The van der Waals surface area contributed by atoms with Gasteiger partial charge in [0.15, 0.2) is 17.3 Å². The number of carbonyl (C=O) groups excluding carboxylic acids is 1. The van der Waals surface area contributed by atoms with Crippen molar-refractivity contribution in [3.8, 4) is 28.7 Å². The molecule has 0 radical (unpaired) electrons. The van der Waals surface area contributed by atoms with E-state index in [0.717, 1.165) is 22.4 Å². The summed E-state index contributed by atoms with van der Waals surface area (Å²) in [6, 6.07) is 28.5. The van der Waals surface area contributed by atoms with Crippen LogP contribution >= 0.6 is 0 Å². The van der Waals surface area contributed by atoms with Gasteiger partial charge in [0.1, 0.15) is 30.3 Å². The Hall–Kier alpha value is -4.71. The maximum atomic E-state index is 13.5. The van der Waals surface area contributed by atoms with Gasteiger partial charge in [-0.2, -0.15) is 0 Å². The fourth-order valence-corrected chi connectivity index (χ4v) is 3.86. The average Bonchev–Trinajstić information content (AvgIpc) is 2.98. The van der Waals surface area contributed by atoms with Crippen molar-refractivity contribution < 1.29 is 28.5 Å². The first-order valence-electron chi connectivity index (χ1n) is 12.1. The lowest BCUT2D eigenvalue weighted by molar-refractivity contribution is 0.103. The zero-order valence-corrected chi connectivity index (χ0v) is 21.7. The summed E-state index contributed by atoms with van der Waals surface area (Å²) in [6.45, 7) is 0.536. The van der Waals surface area contributed by atoms with Crippen molar-refractivity contribution in [1.29, 1.82) is 0 Å². The van der Waals surface area contributed by atoms with Gasteiger partial charge in [-0.25, -0.2) is 0 Å². The van der Waals surface area contributed by atoms with E-state index in [9.17, 15) is 4.79 Å². The number of benzene rings is 4. The summed E-state index contributed by atoms with van der Waals surface area (Å²) in [5.74, 6) is 1.74. The van der Waals surface area contributed by atoms with Gasteiger partial charge in [-0.15, -0.1) is 0 Å². The first kappa shape index (κ1) is 26.4. The summed E-state index contributed by atoms with van der Waals surface area (Å²) in [5.41, 5.74) is 3.02. The molecule has 0 spiro atoms. The highest BCUT2D eigenvalue weighted by Gasteiger charge is 2.26. The first-order valence-corrected chi connectivity index (χ1v) is 12.1. The minimum Gasteiger partial charge on any atom is -0.497 e. The number of ether oxygens (including phenoxy) is 5. The quantitative estimate of drug-likeness (QED) is 0.155. The number of methoxy groups -OCH3 is 3. The van der Waals surface area contributed by atoms with Crippen LogP contribution in [0, 0.1) is 0 Å². The van der Waals surface area contributed by atoms with E-state index in [1.54, 1.807) is 19.3 Å². The monoisotopic (exact) mass is 510 g/mol. The van der Waals surface area contributed by atoms with Crippen molar-refractivity contribution in [1.82, 2.24) is 0 Å². The van der Waals surface area contributed by atoms with Crippen LogP contribution in [-0.2, 0) is 13.2 Å². The summed E-state index contributed by atoms with van der Waals surface area (Å²) in [5, 5.41) is 0. The van der Waals surface area contributed by atoms with Crippen LogP contribution in [0.1, 0.15) is 27.0 Å². The standard InChI is InChI=1S/C32H30O6/c1-34-26-17-14-23(15-18-26)16-19-27(33)30-28(35-2)20-29(37-21-24-10-6-4-7-11-24)31(36-3)32(30)38-22-25-12-8-5-9-13-25/h4-20H,21-22H2,1-3H3/b19-16+. The van der Waals surface area contributed by atoms with E-state index in [-0.39, 0.29) is 23.7 Å². The Morgan fingerprint density at radius 3 is 1.82 bits per heavy atom. The summed E-state index contributed by atoms with van der Waals surface area (Å²) < 4.78 is 28.9. The molecule has 0 fully saturated rings. The fourth-order valence-electron chi connectivity index (χ4n) is 3.86. The minimum atomic E-state index is -0.298. The molecule has 0 aliphatic heterocycles. The number of allylic oxidation sites excluding steroid dienone is 1. The fraction of sp³-hybridized carbons (Fsp3) is 0.156. The van der Waals surface area contributed by atoms with Gasteiger partial charge in [0.25, 0.3) is 0 Å². The van der Waals surface area contributed by atoms with Crippen LogP contribution in [0.4, 0.5) is 0 Å². The highest BCUT2D eigenvalue weighted by Crippen LogP contribution is 2.46. The molecule has 0 aliphatic rings. The van der Waals surface area contributed by atoms with Crippen LogP contribution < -0.4 is 23.7 Å². The third-order valence-corrected chi connectivity index (χ3v) is 5.84. The number of hydrogen-bond donors (Lipinski definition) is 0. The zero-order chi connectivity index (χ0) is 26.7. The van der Waals surface area contributed by atoms with Crippen molar-refractivity contribution in [3.63, 3.8) is 0 Å². The molecule has 0 amide bonds. The van der Waals surface area contributed by atoms with Crippen LogP contribution in [-0.4, -0.2) is 27.1 Å². The van der Waals surface area contributed by atoms with E-state index in [4.69, 9.17) is 23.7 Å². The molecule has 0 heterocycles. The Bertz CT molecular complexity index is 1360. The van der Waals surface area contributed by atoms with Gasteiger partial charge in [-0.1, -0.05) is 78.9 Å². The van der Waals surface area contributed by atoms with Crippen molar-refractivity contribution in [2.45, 2.75) is 13.2 Å². The number of ketones is 1. The number of rotatable bonds is 12. The second-order valence-electron chi connectivity index (χ2n) is 8.33. The third kappa shape index (κ3) is 6.53. The molecule has 6 heteroatoms. The summed E-state index contributed by atoms with van der Waals surface area (Å²) in [4.78, 5) is 13.5. The van der Waals surface area contributed by atoms with E-state index in [2.05, 4.69) is 0 Å². The molecule has 0 aromatic heterocycles. The molecular weight excluding hydrogens is 480 g/mol. The molecule has 0 aliphatic carbocycles. The Kier molecular flexibility index (Phi) is 9.03. The van der Waals surface area contributed by atoms with Crippen molar-refractivity contribution >= 4 is 11.9 Å². The average molecular weight is 511 g/mol. The summed E-state index contributed by atoms with van der Waals surface area (Å²) in [7, 11) is 4.64. The molecule has 4 aromatic rings. The number of hydrogen-bond acceptors (Lipinski definition) is 6. The normalized spacial score (nSPS) is 10.7. The molecule has 194 valence electrons. The van der Waals surface area contributed by atoms with Gasteiger partial charge >= 0.3 is 0 Å².